The zero-order valence-electron chi connectivity index (χ0n) is 14.9. The van der Waals surface area contributed by atoms with E-state index in [1.807, 2.05) is 0 Å². The minimum absolute atomic E-state index is 0.0731. The van der Waals surface area contributed by atoms with Gasteiger partial charge in [-0.3, -0.25) is 4.79 Å². The molecule has 2 aromatic carbocycles. The highest BCUT2D eigenvalue weighted by molar-refractivity contribution is 7.21. The van der Waals surface area contributed by atoms with Gasteiger partial charge in [-0.25, -0.2) is 18.0 Å². The molecule has 0 atom stereocenters. The van der Waals surface area contributed by atoms with Crippen LogP contribution in [-0.2, 0) is 11.3 Å². The molecule has 0 saturated carbocycles. The quantitative estimate of drug-likeness (QED) is 0.554. The van der Waals surface area contributed by atoms with E-state index in [-0.39, 0.29) is 33.0 Å². The fourth-order valence-corrected chi connectivity index (χ4v) is 4.11. The molecule has 0 radical (unpaired) electrons. The molecule has 0 fully saturated rings. The maximum absolute atomic E-state index is 14.2. The van der Waals surface area contributed by atoms with Crippen LogP contribution in [0.2, 0.25) is 5.02 Å². The van der Waals surface area contributed by atoms with Crippen molar-refractivity contribution >= 4 is 44.9 Å². The molecule has 1 aromatic heterocycles. The molecule has 0 aliphatic rings. The first-order valence-corrected chi connectivity index (χ1v) is 9.42. The zero-order valence-corrected chi connectivity index (χ0v) is 16.4. The van der Waals surface area contributed by atoms with Crippen molar-refractivity contribution in [3.63, 3.8) is 0 Å². The molecule has 1 heterocycles. The summed E-state index contributed by atoms with van der Waals surface area (Å²) in [6.07, 6.45) is 0. The molecular formula is C19H13ClF3NO4S. The van der Waals surface area contributed by atoms with Gasteiger partial charge in [0, 0.05) is 21.2 Å². The van der Waals surface area contributed by atoms with Crippen LogP contribution in [0.25, 0.3) is 10.1 Å². The Bertz CT molecular complexity index is 1110. The Balaban J connectivity index is 2.06. The SMILES string of the molecule is CCOC(=O)c1sc2ccc(F)c(Cl)c2c1COc1c(F)cc(C(N)=O)cc1F. The van der Waals surface area contributed by atoms with E-state index in [2.05, 4.69) is 0 Å². The number of nitrogens with two attached hydrogens (primary N) is 1. The molecule has 3 aromatic rings. The first-order valence-electron chi connectivity index (χ1n) is 8.22. The summed E-state index contributed by atoms with van der Waals surface area (Å²) in [6, 6.07) is 4.02. The molecule has 152 valence electrons. The lowest BCUT2D eigenvalue weighted by molar-refractivity contribution is 0.0529. The predicted molar refractivity (Wildman–Crippen MR) is 102 cm³/mol. The number of carbonyl (C=O) groups is 2. The predicted octanol–water partition coefficient (Wildman–Crippen LogP) is 4.83. The Labute approximate surface area is 171 Å². The molecule has 0 unspecified atom stereocenters. The van der Waals surface area contributed by atoms with Gasteiger partial charge in [-0.2, -0.15) is 0 Å². The maximum Gasteiger partial charge on any atom is 0.348 e. The second-order valence-electron chi connectivity index (χ2n) is 5.79. The van der Waals surface area contributed by atoms with E-state index in [1.165, 1.54) is 6.07 Å². The second kappa shape index (κ2) is 8.30. The van der Waals surface area contributed by atoms with Gasteiger partial charge in [0.25, 0.3) is 0 Å². The number of ether oxygens (including phenoxy) is 2. The van der Waals surface area contributed by atoms with Crippen LogP contribution in [0.4, 0.5) is 13.2 Å². The van der Waals surface area contributed by atoms with Gasteiger partial charge >= 0.3 is 5.97 Å². The number of thiophene rings is 1. The van der Waals surface area contributed by atoms with Crippen LogP contribution >= 0.6 is 22.9 Å². The Morgan fingerprint density at radius 3 is 2.38 bits per heavy atom. The number of benzene rings is 2. The molecule has 29 heavy (non-hydrogen) atoms. The van der Waals surface area contributed by atoms with Crippen molar-refractivity contribution in [2.75, 3.05) is 6.61 Å². The first-order chi connectivity index (χ1) is 13.7. The molecule has 1 amide bonds. The number of esters is 1. The molecule has 0 aliphatic heterocycles. The molecule has 3 rings (SSSR count). The summed E-state index contributed by atoms with van der Waals surface area (Å²) in [5, 5.41) is -0.0628. The standard InChI is InChI=1S/C19H13ClF3NO4S/c1-2-27-19(26)17-9(14-13(29-17)4-3-10(21)15(14)20)7-28-16-11(22)5-8(18(24)25)6-12(16)23/h3-6H,2,7H2,1H3,(H2,24,25). The topological polar surface area (TPSA) is 78.6 Å². The molecule has 0 bridgehead atoms. The summed E-state index contributed by atoms with van der Waals surface area (Å²) in [5.74, 6) is -5.53. The Hall–Kier alpha value is -2.78. The van der Waals surface area contributed by atoms with Gasteiger partial charge in [0.1, 0.15) is 17.3 Å². The van der Waals surface area contributed by atoms with Crippen LogP contribution in [0, 0.1) is 17.5 Å². The number of amides is 1. The van der Waals surface area contributed by atoms with Crippen molar-refractivity contribution in [3.05, 3.63) is 62.7 Å². The minimum atomic E-state index is -1.16. The van der Waals surface area contributed by atoms with Crippen LogP contribution in [0.1, 0.15) is 32.5 Å². The van der Waals surface area contributed by atoms with Gasteiger partial charge in [0.05, 0.1) is 11.6 Å². The van der Waals surface area contributed by atoms with E-state index in [0.29, 0.717) is 4.70 Å². The first kappa shape index (κ1) is 20.9. The van der Waals surface area contributed by atoms with Crippen molar-refractivity contribution in [1.82, 2.24) is 0 Å². The number of hydrogen-bond acceptors (Lipinski definition) is 5. The van der Waals surface area contributed by atoms with Crippen LogP contribution in [-0.4, -0.2) is 18.5 Å². The number of carbonyl (C=O) groups excluding carboxylic acids is 2. The van der Waals surface area contributed by atoms with E-state index in [0.717, 1.165) is 29.5 Å². The van der Waals surface area contributed by atoms with Gasteiger partial charge in [-0.05, 0) is 31.2 Å². The van der Waals surface area contributed by atoms with E-state index in [4.69, 9.17) is 26.8 Å². The van der Waals surface area contributed by atoms with E-state index in [1.54, 1.807) is 6.92 Å². The Morgan fingerprint density at radius 1 is 1.14 bits per heavy atom. The molecule has 10 heteroatoms. The van der Waals surface area contributed by atoms with Gasteiger partial charge in [0.15, 0.2) is 17.4 Å². The van der Waals surface area contributed by atoms with Gasteiger partial charge in [0.2, 0.25) is 5.91 Å². The fraction of sp³-hybridized carbons (Fsp3) is 0.158. The van der Waals surface area contributed by atoms with E-state index < -0.39 is 41.7 Å². The van der Waals surface area contributed by atoms with Crippen molar-refractivity contribution in [3.8, 4) is 5.75 Å². The minimum Gasteiger partial charge on any atom is -0.483 e. The molecule has 5 nitrogen and oxygen atoms in total. The Morgan fingerprint density at radius 2 is 1.79 bits per heavy atom. The fourth-order valence-electron chi connectivity index (χ4n) is 2.67. The van der Waals surface area contributed by atoms with Crippen LogP contribution in [0.5, 0.6) is 5.75 Å². The number of fused-ring (bicyclic) bond motifs is 1. The van der Waals surface area contributed by atoms with Crippen molar-refractivity contribution < 1.29 is 32.2 Å². The number of hydrogen-bond donors (Lipinski definition) is 1. The maximum atomic E-state index is 14.2. The molecule has 0 saturated heterocycles. The number of halogens is 4. The number of rotatable bonds is 6. The second-order valence-corrected chi connectivity index (χ2v) is 7.22. The van der Waals surface area contributed by atoms with Gasteiger partial charge in [-0.15, -0.1) is 11.3 Å². The zero-order chi connectivity index (χ0) is 21.3. The van der Waals surface area contributed by atoms with Crippen LogP contribution < -0.4 is 10.5 Å². The summed E-state index contributed by atoms with van der Waals surface area (Å²) < 4.78 is 53.0. The smallest absolute Gasteiger partial charge is 0.348 e. The van der Waals surface area contributed by atoms with Gasteiger partial charge < -0.3 is 15.2 Å². The third-order valence-electron chi connectivity index (χ3n) is 3.95. The van der Waals surface area contributed by atoms with Crippen molar-refractivity contribution in [1.29, 1.82) is 0 Å². The average Bonchev–Trinajstić information content (AvgIpc) is 3.03. The normalized spacial score (nSPS) is 10.9. The van der Waals surface area contributed by atoms with Crippen molar-refractivity contribution in [2.24, 2.45) is 5.73 Å². The number of primary amides is 1. The molecule has 2 N–H and O–H groups in total. The summed E-state index contributed by atoms with van der Waals surface area (Å²) >= 11 is 7.04. The van der Waals surface area contributed by atoms with E-state index in [9.17, 15) is 22.8 Å². The average molecular weight is 444 g/mol. The van der Waals surface area contributed by atoms with E-state index >= 15 is 0 Å². The largest absolute Gasteiger partial charge is 0.483 e. The van der Waals surface area contributed by atoms with Gasteiger partial charge in [-0.1, -0.05) is 11.6 Å². The molecule has 0 spiro atoms. The summed E-state index contributed by atoms with van der Waals surface area (Å²) in [4.78, 5) is 23.5. The summed E-state index contributed by atoms with van der Waals surface area (Å²) in [7, 11) is 0. The lowest BCUT2D eigenvalue weighted by atomic mass is 10.1. The van der Waals surface area contributed by atoms with Crippen molar-refractivity contribution in [2.45, 2.75) is 13.5 Å². The lowest BCUT2D eigenvalue weighted by Crippen LogP contribution is -2.13. The third-order valence-corrected chi connectivity index (χ3v) is 5.50. The monoisotopic (exact) mass is 443 g/mol. The highest BCUT2D eigenvalue weighted by Gasteiger charge is 2.24. The summed E-state index contributed by atoms with van der Waals surface area (Å²) in [6.45, 7) is 1.20. The van der Waals surface area contributed by atoms with Crippen LogP contribution in [0.15, 0.2) is 24.3 Å². The highest BCUT2D eigenvalue weighted by Crippen LogP contribution is 2.39. The lowest BCUT2D eigenvalue weighted by Gasteiger charge is -2.11. The summed E-state index contributed by atoms with van der Waals surface area (Å²) in [5.41, 5.74) is 4.77. The van der Waals surface area contributed by atoms with Crippen LogP contribution in [0.3, 0.4) is 0 Å². The highest BCUT2D eigenvalue weighted by atomic mass is 35.5. The molecule has 0 aliphatic carbocycles. The third kappa shape index (κ3) is 4.01. The molecular weight excluding hydrogens is 431 g/mol. The Kier molecular flexibility index (Phi) is 5.99.